The summed E-state index contributed by atoms with van der Waals surface area (Å²) in [5.41, 5.74) is 9.33. The number of nitriles is 1. The van der Waals surface area contributed by atoms with Crippen LogP contribution in [0, 0.1) is 11.3 Å². The monoisotopic (exact) mass is 382 g/mol. The second-order valence-corrected chi connectivity index (χ2v) is 6.62. The summed E-state index contributed by atoms with van der Waals surface area (Å²) in [4.78, 5) is 0. The highest BCUT2D eigenvalue weighted by Gasteiger charge is 2.36. The molecule has 1 aromatic heterocycles. The predicted octanol–water partition coefficient (Wildman–Crippen LogP) is 4.60. The molecule has 1 atom stereocenters. The third kappa shape index (κ3) is 2.60. The van der Waals surface area contributed by atoms with Crippen LogP contribution in [0.25, 0.3) is 11.3 Å². The second kappa shape index (κ2) is 6.41. The molecule has 0 saturated carbocycles. The van der Waals surface area contributed by atoms with Gasteiger partial charge in [-0.2, -0.15) is 5.26 Å². The van der Waals surface area contributed by atoms with Crippen molar-refractivity contribution < 1.29 is 4.74 Å². The van der Waals surface area contributed by atoms with Crippen molar-refractivity contribution in [2.75, 3.05) is 0 Å². The SMILES string of the molecule is N#CC1=C(N)Oc2n[nH]c(-c3ccccc3)c2[C@@H]1c1ccc(Cl)cc1Cl. The summed E-state index contributed by atoms with van der Waals surface area (Å²) in [6.07, 6.45) is 0. The third-order valence-electron chi connectivity index (χ3n) is 4.27. The molecule has 3 aromatic rings. The summed E-state index contributed by atoms with van der Waals surface area (Å²) >= 11 is 12.5. The van der Waals surface area contributed by atoms with Gasteiger partial charge in [-0.3, -0.25) is 5.10 Å². The maximum Gasteiger partial charge on any atom is 0.244 e. The summed E-state index contributed by atoms with van der Waals surface area (Å²) in [5, 5.41) is 17.9. The zero-order chi connectivity index (χ0) is 18.3. The van der Waals surface area contributed by atoms with E-state index in [0.29, 0.717) is 27.1 Å². The number of aromatic nitrogens is 2. The normalized spacial score (nSPS) is 16.0. The molecule has 2 aromatic carbocycles. The molecular formula is C19H12Cl2N4O. The van der Waals surface area contributed by atoms with Gasteiger partial charge >= 0.3 is 0 Å². The molecule has 26 heavy (non-hydrogen) atoms. The van der Waals surface area contributed by atoms with Crippen LogP contribution < -0.4 is 10.5 Å². The Kier molecular flexibility index (Phi) is 4.08. The van der Waals surface area contributed by atoms with E-state index in [0.717, 1.165) is 11.3 Å². The van der Waals surface area contributed by atoms with E-state index in [2.05, 4.69) is 16.3 Å². The number of hydrogen-bond acceptors (Lipinski definition) is 4. The van der Waals surface area contributed by atoms with Crippen LogP contribution in [0.5, 0.6) is 5.88 Å². The molecule has 3 N–H and O–H groups in total. The first-order valence-corrected chi connectivity index (χ1v) is 8.52. The molecule has 4 rings (SSSR count). The maximum absolute atomic E-state index is 9.70. The van der Waals surface area contributed by atoms with Crippen molar-refractivity contribution in [2.45, 2.75) is 5.92 Å². The van der Waals surface area contributed by atoms with E-state index in [1.165, 1.54) is 0 Å². The Morgan fingerprint density at radius 3 is 2.62 bits per heavy atom. The first kappa shape index (κ1) is 16.5. The lowest BCUT2D eigenvalue weighted by molar-refractivity contribution is 0.379. The van der Waals surface area contributed by atoms with Gasteiger partial charge in [0, 0.05) is 10.0 Å². The number of H-pyrrole nitrogens is 1. The number of benzene rings is 2. The van der Waals surface area contributed by atoms with E-state index in [-0.39, 0.29) is 11.5 Å². The van der Waals surface area contributed by atoms with Crippen molar-refractivity contribution in [3.8, 4) is 23.2 Å². The van der Waals surface area contributed by atoms with E-state index in [4.69, 9.17) is 33.7 Å². The van der Waals surface area contributed by atoms with Crippen LogP contribution in [0.1, 0.15) is 17.0 Å². The third-order valence-corrected chi connectivity index (χ3v) is 4.84. The number of allylic oxidation sites excluding steroid dienone is 1. The van der Waals surface area contributed by atoms with Gasteiger partial charge in [-0.05, 0) is 23.3 Å². The lowest BCUT2D eigenvalue weighted by Crippen LogP contribution is -2.21. The molecule has 0 radical (unpaired) electrons. The van der Waals surface area contributed by atoms with Crippen molar-refractivity contribution in [3.05, 3.63) is 81.2 Å². The molecule has 0 unspecified atom stereocenters. The molecule has 2 heterocycles. The molecule has 0 aliphatic carbocycles. The number of nitrogens with one attached hydrogen (secondary N) is 1. The van der Waals surface area contributed by atoms with Crippen molar-refractivity contribution in [1.82, 2.24) is 10.2 Å². The van der Waals surface area contributed by atoms with Gasteiger partial charge in [0.25, 0.3) is 0 Å². The number of hydrogen-bond donors (Lipinski definition) is 2. The Hall–Kier alpha value is -2.94. The molecule has 1 aliphatic heterocycles. The van der Waals surface area contributed by atoms with Crippen LogP contribution in [0.3, 0.4) is 0 Å². The number of aromatic amines is 1. The summed E-state index contributed by atoms with van der Waals surface area (Å²) in [6, 6.07) is 17.0. The average Bonchev–Trinajstić information content (AvgIpc) is 3.05. The molecule has 1 aliphatic rings. The first-order valence-electron chi connectivity index (χ1n) is 7.76. The lowest BCUT2D eigenvalue weighted by Gasteiger charge is -2.24. The van der Waals surface area contributed by atoms with Gasteiger partial charge in [0.1, 0.15) is 11.6 Å². The summed E-state index contributed by atoms with van der Waals surface area (Å²) < 4.78 is 5.58. The fourth-order valence-electron chi connectivity index (χ4n) is 3.12. The number of nitrogens with two attached hydrogens (primary N) is 1. The van der Waals surface area contributed by atoms with Crippen molar-refractivity contribution in [1.29, 1.82) is 5.26 Å². The highest BCUT2D eigenvalue weighted by Crippen LogP contribution is 2.47. The summed E-state index contributed by atoms with van der Waals surface area (Å²) in [6.45, 7) is 0. The molecule has 7 heteroatoms. The maximum atomic E-state index is 9.70. The van der Waals surface area contributed by atoms with Gasteiger partial charge in [0.05, 0.1) is 17.2 Å². The van der Waals surface area contributed by atoms with E-state index in [1.807, 2.05) is 30.3 Å². The largest absolute Gasteiger partial charge is 0.420 e. The summed E-state index contributed by atoms with van der Waals surface area (Å²) in [7, 11) is 0. The summed E-state index contributed by atoms with van der Waals surface area (Å²) in [5.74, 6) is -0.166. The van der Waals surface area contributed by atoms with Gasteiger partial charge in [-0.25, -0.2) is 0 Å². The minimum Gasteiger partial charge on any atom is -0.420 e. The van der Waals surface area contributed by atoms with Crippen molar-refractivity contribution >= 4 is 23.2 Å². The van der Waals surface area contributed by atoms with Gasteiger partial charge in [0.15, 0.2) is 0 Å². The van der Waals surface area contributed by atoms with Crippen LogP contribution in [-0.2, 0) is 0 Å². The lowest BCUT2D eigenvalue weighted by atomic mass is 9.83. The van der Waals surface area contributed by atoms with Crippen LogP contribution in [-0.4, -0.2) is 10.2 Å². The van der Waals surface area contributed by atoms with E-state index >= 15 is 0 Å². The van der Waals surface area contributed by atoms with E-state index in [1.54, 1.807) is 18.2 Å². The van der Waals surface area contributed by atoms with Gasteiger partial charge in [-0.15, -0.1) is 5.10 Å². The highest BCUT2D eigenvalue weighted by atomic mass is 35.5. The standard InChI is InChI=1S/C19H12Cl2N4O/c20-11-6-7-12(14(21)8-11)15-13(9-22)18(23)26-19-16(15)17(24-25-19)10-4-2-1-3-5-10/h1-8,15H,23H2,(H,24,25)/t15-/m1/s1. The Morgan fingerprint density at radius 1 is 1.15 bits per heavy atom. The van der Waals surface area contributed by atoms with Gasteiger partial charge in [0.2, 0.25) is 11.8 Å². The molecule has 5 nitrogen and oxygen atoms in total. The molecule has 0 fully saturated rings. The van der Waals surface area contributed by atoms with E-state index in [9.17, 15) is 5.26 Å². The Bertz CT molecular complexity index is 1070. The number of ether oxygens (including phenoxy) is 1. The number of halogens is 2. The average molecular weight is 383 g/mol. The van der Waals surface area contributed by atoms with Crippen molar-refractivity contribution in [2.24, 2.45) is 5.73 Å². The highest BCUT2D eigenvalue weighted by molar-refractivity contribution is 6.35. The zero-order valence-electron chi connectivity index (χ0n) is 13.3. The molecule has 0 spiro atoms. The minimum atomic E-state index is -0.512. The van der Waals surface area contributed by atoms with Crippen LogP contribution >= 0.6 is 23.2 Å². The molecule has 0 saturated heterocycles. The molecule has 0 amide bonds. The van der Waals surface area contributed by atoms with Crippen LogP contribution in [0.4, 0.5) is 0 Å². The Morgan fingerprint density at radius 2 is 1.92 bits per heavy atom. The van der Waals surface area contributed by atoms with E-state index < -0.39 is 5.92 Å². The second-order valence-electron chi connectivity index (χ2n) is 5.77. The quantitative estimate of drug-likeness (QED) is 0.677. The Labute approximate surface area is 159 Å². The van der Waals surface area contributed by atoms with Crippen LogP contribution in [0.15, 0.2) is 60.0 Å². The number of rotatable bonds is 2. The Balaban J connectivity index is 1.99. The fourth-order valence-corrected chi connectivity index (χ4v) is 3.63. The van der Waals surface area contributed by atoms with Gasteiger partial charge in [-0.1, -0.05) is 59.6 Å². The molecular weight excluding hydrogens is 371 g/mol. The zero-order valence-corrected chi connectivity index (χ0v) is 14.8. The smallest absolute Gasteiger partial charge is 0.244 e. The van der Waals surface area contributed by atoms with Gasteiger partial charge < -0.3 is 10.5 Å². The molecule has 128 valence electrons. The fraction of sp³-hybridized carbons (Fsp3) is 0.0526. The predicted molar refractivity (Wildman–Crippen MR) is 99.8 cm³/mol. The number of nitrogens with zero attached hydrogens (tertiary/aromatic N) is 2. The number of fused-ring (bicyclic) bond motifs is 1. The molecule has 0 bridgehead atoms. The first-order chi connectivity index (χ1) is 12.6. The minimum absolute atomic E-state index is 0.0159. The van der Waals surface area contributed by atoms with Crippen molar-refractivity contribution in [3.63, 3.8) is 0 Å². The van der Waals surface area contributed by atoms with Crippen LogP contribution in [0.2, 0.25) is 10.0 Å². The topological polar surface area (TPSA) is 87.7 Å².